The monoisotopic (exact) mass is 324 g/mol. The van der Waals surface area contributed by atoms with Gasteiger partial charge in [0.2, 0.25) is 11.8 Å². The SMILES string of the molecule is O=C1C[C@@H](C(=O)N2CCC(O)(c3c(F)cccc3F)CC2)CN1. The average Bonchev–Trinajstić information content (AvgIpc) is 2.93. The Morgan fingerprint density at radius 2 is 1.87 bits per heavy atom. The van der Waals surface area contributed by atoms with Crippen molar-refractivity contribution in [2.24, 2.45) is 5.92 Å². The van der Waals surface area contributed by atoms with E-state index in [1.165, 1.54) is 6.07 Å². The molecule has 1 aromatic rings. The van der Waals surface area contributed by atoms with Crippen molar-refractivity contribution in [3.8, 4) is 0 Å². The molecule has 2 fully saturated rings. The number of carbonyl (C=O) groups excluding carboxylic acids is 2. The first-order chi connectivity index (χ1) is 10.9. The highest BCUT2D eigenvalue weighted by Crippen LogP contribution is 2.36. The van der Waals surface area contributed by atoms with Crippen molar-refractivity contribution in [2.75, 3.05) is 19.6 Å². The third kappa shape index (κ3) is 2.93. The van der Waals surface area contributed by atoms with E-state index in [1.807, 2.05) is 0 Å². The summed E-state index contributed by atoms with van der Waals surface area (Å²) in [5.74, 6) is -2.25. The number of hydrogen-bond donors (Lipinski definition) is 2. The van der Waals surface area contributed by atoms with Gasteiger partial charge >= 0.3 is 0 Å². The molecule has 2 saturated heterocycles. The number of aliphatic hydroxyl groups is 1. The molecule has 3 rings (SSSR count). The summed E-state index contributed by atoms with van der Waals surface area (Å²) in [6.45, 7) is 0.724. The number of halogens is 2. The lowest BCUT2D eigenvalue weighted by molar-refractivity contribution is -0.140. The summed E-state index contributed by atoms with van der Waals surface area (Å²) in [7, 11) is 0. The number of hydrogen-bond acceptors (Lipinski definition) is 3. The fourth-order valence-corrected chi connectivity index (χ4v) is 3.33. The normalized spacial score (nSPS) is 23.7. The maximum atomic E-state index is 13.9. The lowest BCUT2D eigenvalue weighted by atomic mass is 9.83. The summed E-state index contributed by atoms with van der Waals surface area (Å²) in [4.78, 5) is 25.1. The molecule has 23 heavy (non-hydrogen) atoms. The molecule has 2 N–H and O–H groups in total. The van der Waals surface area contributed by atoms with Gasteiger partial charge in [-0.05, 0) is 25.0 Å². The Bertz CT molecular complexity index is 622. The minimum atomic E-state index is -1.62. The van der Waals surface area contributed by atoms with E-state index >= 15 is 0 Å². The number of amides is 2. The highest BCUT2D eigenvalue weighted by Gasteiger charge is 2.41. The molecule has 1 aromatic carbocycles. The molecule has 124 valence electrons. The third-order valence-corrected chi connectivity index (χ3v) is 4.66. The first-order valence-electron chi connectivity index (χ1n) is 7.63. The second-order valence-electron chi connectivity index (χ2n) is 6.16. The number of rotatable bonds is 2. The van der Waals surface area contributed by atoms with E-state index in [0.29, 0.717) is 6.54 Å². The van der Waals surface area contributed by atoms with Gasteiger partial charge in [0.1, 0.15) is 11.6 Å². The van der Waals surface area contributed by atoms with Crippen molar-refractivity contribution in [3.63, 3.8) is 0 Å². The van der Waals surface area contributed by atoms with Crippen molar-refractivity contribution in [1.82, 2.24) is 10.2 Å². The van der Waals surface area contributed by atoms with E-state index in [9.17, 15) is 23.5 Å². The van der Waals surface area contributed by atoms with Crippen LogP contribution < -0.4 is 5.32 Å². The standard InChI is InChI=1S/C16H18F2N2O3/c17-11-2-1-3-12(18)14(11)16(23)4-6-20(7-5-16)15(22)10-8-13(21)19-9-10/h1-3,10,23H,4-9H2,(H,19,21)/t10-/m1/s1. The number of nitrogens with one attached hydrogen (secondary N) is 1. The Morgan fingerprint density at radius 1 is 1.26 bits per heavy atom. The first kappa shape index (κ1) is 15.9. The molecule has 0 saturated carbocycles. The van der Waals surface area contributed by atoms with Crippen LogP contribution in [0, 0.1) is 17.6 Å². The van der Waals surface area contributed by atoms with E-state index in [0.717, 1.165) is 12.1 Å². The highest BCUT2D eigenvalue weighted by atomic mass is 19.1. The molecule has 0 spiro atoms. The molecule has 0 aromatic heterocycles. The number of nitrogens with zero attached hydrogens (tertiary/aromatic N) is 1. The van der Waals surface area contributed by atoms with E-state index in [-0.39, 0.29) is 55.6 Å². The predicted octanol–water partition coefficient (Wildman–Crippen LogP) is 0.911. The summed E-state index contributed by atoms with van der Waals surface area (Å²) in [6, 6.07) is 3.48. The van der Waals surface area contributed by atoms with Gasteiger partial charge in [-0.15, -0.1) is 0 Å². The third-order valence-electron chi connectivity index (χ3n) is 4.66. The molecule has 2 amide bonds. The Labute approximate surface area is 132 Å². The fraction of sp³-hybridized carbons (Fsp3) is 0.500. The summed E-state index contributed by atoms with van der Waals surface area (Å²) in [5, 5.41) is 13.2. The lowest BCUT2D eigenvalue weighted by Gasteiger charge is -2.39. The van der Waals surface area contributed by atoms with E-state index in [2.05, 4.69) is 5.32 Å². The molecule has 0 bridgehead atoms. The van der Waals surface area contributed by atoms with Crippen LogP contribution in [0.25, 0.3) is 0 Å². The molecule has 5 nitrogen and oxygen atoms in total. The number of benzene rings is 1. The summed E-state index contributed by atoms with van der Waals surface area (Å²) in [5.41, 5.74) is -1.94. The summed E-state index contributed by atoms with van der Waals surface area (Å²) < 4.78 is 27.8. The number of piperidine rings is 1. The average molecular weight is 324 g/mol. The molecule has 2 aliphatic rings. The van der Waals surface area contributed by atoms with Crippen LogP contribution in [0.5, 0.6) is 0 Å². The van der Waals surface area contributed by atoms with Gasteiger partial charge in [-0.3, -0.25) is 9.59 Å². The summed E-state index contributed by atoms with van der Waals surface area (Å²) >= 11 is 0. The maximum Gasteiger partial charge on any atom is 0.227 e. The molecule has 2 aliphatic heterocycles. The fourth-order valence-electron chi connectivity index (χ4n) is 3.33. The van der Waals surface area contributed by atoms with Crippen molar-refractivity contribution in [1.29, 1.82) is 0 Å². The van der Waals surface area contributed by atoms with Crippen LogP contribution in [0.3, 0.4) is 0 Å². The van der Waals surface area contributed by atoms with Gasteiger partial charge in [-0.25, -0.2) is 8.78 Å². The van der Waals surface area contributed by atoms with Gasteiger partial charge in [0.25, 0.3) is 0 Å². The van der Waals surface area contributed by atoms with Crippen molar-refractivity contribution in [3.05, 3.63) is 35.4 Å². The predicted molar refractivity (Wildman–Crippen MR) is 77.2 cm³/mol. The second kappa shape index (κ2) is 5.88. The number of likely N-dealkylation sites (tertiary alicyclic amines) is 1. The van der Waals surface area contributed by atoms with Crippen LogP contribution >= 0.6 is 0 Å². The van der Waals surface area contributed by atoms with Gasteiger partial charge < -0.3 is 15.3 Å². The minimum absolute atomic E-state index is 0.0602. The quantitative estimate of drug-likeness (QED) is 0.850. The zero-order valence-corrected chi connectivity index (χ0v) is 12.5. The highest BCUT2D eigenvalue weighted by molar-refractivity contribution is 5.89. The largest absolute Gasteiger partial charge is 0.385 e. The topological polar surface area (TPSA) is 69.6 Å². The maximum absolute atomic E-state index is 13.9. The zero-order chi connectivity index (χ0) is 16.6. The van der Waals surface area contributed by atoms with Crippen molar-refractivity contribution < 1.29 is 23.5 Å². The van der Waals surface area contributed by atoms with Gasteiger partial charge in [0.05, 0.1) is 17.1 Å². The zero-order valence-electron chi connectivity index (χ0n) is 12.5. The Morgan fingerprint density at radius 3 is 2.39 bits per heavy atom. The minimum Gasteiger partial charge on any atom is -0.385 e. The van der Waals surface area contributed by atoms with Crippen LogP contribution in [0.2, 0.25) is 0 Å². The second-order valence-corrected chi connectivity index (χ2v) is 6.16. The summed E-state index contributed by atoms with van der Waals surface area (Å²) in [6.07, 6.45) is 0.289. The Hall–Kier alpha value is -2.02. The smallest absolute Gasteiger partial charge is 0.227 e. The van der Waals surface area contributed by atoms with Gasteiger partial charge in [0, 0.05) is 26.1 Å². The van der Waals surface area contributed by atoms with Gasteiger partial charge in [-0.1, -0.05) is 6.07 Å². The van der Waals surface area contributed by atoms with Crippen LogP contribution in [0.15, 0.2) is 18.2 Å². The molecule has 0 unspecified atom stereocenters. The van der Waals surface area contributed by atoms with Crippen molar-refractivity contribution >= 4 is 11.8 Å². The van der Waals surface area contributed by atoms with Crippen LogP contribution in [0.4, 0.5) is 8.78 Å². The molecular formula is C16H18F2N2O3. The molecule has 2 heterocycles. The van der Waals surface area contributed by atoms with Gasteiger partial charge in [-0.2, -0.15) is 0 Å². The Kier molecular flexibility index (Phi) is 4.06. The van der Waals surface area contributed by atoms with E-state index < -0.39 is 17.2 Å². The molecular weight excluding hydrogens is 306 g/mol. The van der Waals surface area contributed by atoms with Gasteiger partial charge in [0.15, 0.2) is 0 Å². The van der Waals surface area contributed by atoms with Crippen LogP contribution in [0.1, 0.15) is 24.8 Å². The first-order valence-corrected chi connectivity index (χ1v) is 7.63. The Balaban J connectivity index is 1.70. The molecule has 0 radical (unpaired) electrons. The van der Waals surface area contributed by atoms with Crippen LogP contribution in [-0.2, 0) is 15.2 Å². The van der Waals surface area contributed by atoms with Crippen LogP contribution in [-0.4, -0.2) is 41.5 Å². The molecule has 7 heteroatoms. The van der Waals surface area contributed by atoms with E-state index in [4.69, 9.17) is 0 Å². The number of carbonyl (C=O) groups is 2. The van der Waals surface area contributed by atoms with E-state index in [1.54, 1.807) is 4.90 Å². The lowest BCUT2D eigenvalue weighted by Crippen LogP contribution is -2.48. The molecule has 1 atom stereocenters. The molecule has 0 aliphatic carbocycles. The van der Waals surface area contributed by atoms with Crippen molar-refractivity contribution in [2.45, 2.75) is 24.9 Å².